The minimum Gasteiger partial charge on any atom is -0.871 e. The Bertz CT molecular complexity index is 1550. The molecular formula is C34H38N2O4. The number of ketones is 1. The van der Waals surface area contributed by atoms with Crippen LogP contribution in [0.15, 0.2) is 77.2 Å². The topological polar surface area (TPSA) is 83.7 Å². The van der Waals surface area contributed by atoms with Crippen molar-refractivity contribution >= 4 is 28.8 Å². The molecule has 5 rings (SSSR count). The van der Waals surface area contributed by atoms with Crippen LogP contribution in [0.4, 0.5) is 11.4 Å². The molecule has 2 heterocycles. The lowest BCUT2D eigenvalue weighted by atomic mass is 9.77. The molecule has 1 N–H and O–H groups in total. The van der Waals surface area contributed by atoms with Gasteiger partial charge in [0.15, 0.2) is 11.5 Å². The van der Waals surface area contributed by atoms with E-state index in [1.165, 1.54) is 5.56 Å². The number of hydrogen-bond acceptors (Lipinski definition) is 4. The second-order valence-corrected chi connectivity index (χ2v) is 12.1. The van der Waals surface area contributed by atoms with Crippen LogP contribution >= 0.6 is 0 Å². The zero-order valence-corrected chi connectivity index (χ0v) is 24.3. The van der Waals surface area contributed by atoms with E-state index in [4.69, 9.17) is 0 Å². The fraction of sp³-hybridized carbons (Fsp3) is 0.382. The highest BCUT2D eigenvalue weighted by molar-refractivity contribution is 6.24. The van der Waals surface area contributed by atoms with E-state index < -0.39 is 11.4 Å². The van der Waals surface area contributed by atoms with Crippen molar-refractivity contribution < 1.29 is 24.4 Å². The molecule has 1 aliphatic carbocycles. The largest absolute Gasteiger partial charge is 0.871 e. The van der Waals surface area contributed by atoms with Gasteiger partial charge in [0, 0.05) is 52.2 Å². The fourth-order valence-corrected chi connectivity index (χ4v) is 6.43. The summed E-state index contributed by atoms with van der Waals surface area (Å²) in [5.74, 6) is -1.46. The number of carbonyl (C=O) groups is 2. The monoisotopic (exact) mass is 538 g/mol. The molecule has 0 aromatic heterocycles. The van der Waals surface area contributed by atoms with Crippen LogP contribution in [-0.4, -0.2) is 40.7 Å². The zero-order chi connectivity index (χ0) is 29.0. The third kappa shape index (κ3) is 4.21. The maximum atomic E-state index is 13.5. The molecule has 0 fully saturated rings. The molecule has 0 atom stereocenters. The number of para-hydroxylation sites is 1. The Morgan fingerprint density at radius 1 is 1.00 bits per heavy atom. The minimum absolute atomic E-state index is 0.190. The van der Waals surface area contributed by atoms with Gasteiger partial charge in [-0.1, -0.05) is 64.0 Å². The summed E-state index contributed by atoms with van der Waals surface area (Å²) in [5.41, 5.74) is 5.59. The molecule has 0 radical (unpaired) electrons. The van der Waals surface area contributed by atoms with Crippen LogP contribution in [-0.2, 0) is 15.6 Å². The molecule has 40 heavy (non-hydrogen) atoms. The Balaban J connectivity index is 1.54. The number of fused-ring (bicyclic) bond motifs is 2. The minimum atomic E-state index is -0.974. The van der Waals surface area contributed by atoms with Gasteiger partial charge >= 0.3 is 5.97 Å². The predicted molar refractivity (Wildman–Crippen MR) is 156 cm³/mol. The molecule has 6 heteroatoms. The van der Waals surface area contributed by atoms with Crippen molar-refractivity contribution in [3.05, 3.63) is 93.9 Å². The van der Waals surface area contributed by atoms with E-state index in [-0.39, 0.29) is 33.7 Å². The fourth-order valence-electron chi connectivity index (χ4n) is 6.43. The van der Waals surface area contributed by atoms with E-state index in [1.54, 1.807) is 24.3 Å². The normalized spacial score (nSPS) is 20.9. The molecule has 6 nitrogen and oxygen atoms in total. The van der Waals surface area contributed by atoms with Crippen LogP contribution in [0.25, 0.3) is 0 Å². The lowest BCUT2D eigenvalue weighted by Crippen LogP contribution is -2.35. The van der Waals surface area contributed by atoms with Gasteiger partial charge in [-0.3, -0.25) is 4.79 Å². The van der Waals surface area contributed by atoms with E-state index >= 15 is 0 Å². The van der Waals surface area contributed by atoms with Crippen LogP contribution < -0.4 is 10.0 Å². The van der Waals surface area contributed by atoms with Gasteiger partial charge in [0.1, 0.15) is 7.05 Å². The summed E-state index contributed by atoms with van der Waals surface area (Å²) in [5, 5.41) is 23.1. The molecule has 0 spiro atoms. The number of carboxylic acid groups (broad SMARTS) is 1. The third-order valence-corrected chi connectivity index (χ3v) is 8.86. The van der Waals surface area contributed by atoms with Crippen LogP contribution in [0.3, 0.4) is 0 Å². The number of carboxylic acids is 1. The van der Waals surface area contributed by atoms with Crippen molar-refractivity contribution in [3.63, 3.8) is 0 Å². The molecular weight excluding hydrogens is 500 g/mol. The maximum absolute atomic E-state index is 13.5. The smallest absolute Gasteiger partial charge is 0.335 e. The van der Waals surface area contributed by atoms with Gasteiger partial charge in [0.2, 0.25) is 5.69 Å². The second kappa shape index (κ2) is 9.92. The van der Waals surface area contributed by atoms with Gasteiger partial charge < -0.3 is 15.1 Å². The summed E-state index contributed by atoms with van der Waals surface area (Å²) < 4.78 is 2.06. The molecule has 0 saturated carbocycles. The number of rotatable bonds is 8. The van der Waals surface area contributed by atoms with E-state index in [2.05, 4.69) is 42.4 Å². The lowest BCUT2D eigenvalue weighted by molar-refractivity contribution is -0.401. The van der Waals surface area contributed by atoms with Crippen molar-refractivity contribution in [2.24, 2.45) is 0 Å². The van der Waals surface area contributed by atoms with Gasteiger partial charge in [0.05, 0.1) is 11.0 Å². The number of aromatic carboxylic acids is 1. The summed E-state index contributed by atoms with van der Waals surface area (Å²) >= 11 is 0. The van der Waals surface area contributed by atoms with Crippen molar-refractivity contribution in [1.82, 2.24) is 0 Å². The van der Waals surface area contributed by atoms with Crippen LogP contribution in [0.5, 0.6) is 0 Å². The average Bonchev–Trinajstić information content (AvgIpc) is 3.25. The van der Waals surface area contributed by atoms with Gasteiger partial charge in [-0.05, 0) is 50.1 Å². The number of nitrogens with zero attached hydrogens (tertiary/aromatic N) is 2. The van der Waals surface area contributed by atoms with E-state index in [9.17, 15) is 19.8 Å². The number of anilines is 1. The summed E-state index contributed by atoms with van der Waals surface area (Å²) in [4.78, 5) is 27.4. The summed E-state index contributed by atoms with van der Waals surface area (Å²) in [7, 11) is 1.97. The quantitative estimate of drug-likeness (QED) is 0.262. The third-order valence-electron chi connectivity index (χ3n) is 8.86. The highest BCUT2D eigenvalue weighted by Crippen LogP contribution is 2.49. The van der Waals surface area contributed by atoms with Crippen LogP contribution in [0, 0.1) is 0 Å². The van der Waals surface area contributed by atoms with E-state index in [0.717, 1.165) is 60.6 Å². The van der Waals surface area contributed by atoms with E-state index in [0.29, 0.717) is 0 Å². The van der Waals surface area contributed by atoms with Gasteiger partial charge in [-0.2, -0.15) is 4.58 Å². The van der Waals surface area contributed by atoms with Crippen LogP contribution in [0.2, 0.25) is 0 Å². The summed E-state index contributed by atoms with van der Waals surface area (Å²) in [6.45, 7) is 11.2. The lowest BCUT2D eigenvalue weighted by Gasteiger charge is -2.33. The first-order chi connectivity index (χ1) is 18.9. The van der Waals surface area contributed by atoms with Gasteiger partial charge in [-0.15, -0.1) is 0 Å². The summed E-state index contributed by atoms with van der Waals surface area (Å²) in [6, 6.07) is 13.4. The number of benzene rings is 2. The Hall–Kier alpha value is -3.93. The molecule has 2 aliphatic heterocycles. The second-order valence-electron chi connectivity index (χ2n) is 12.1. The SMILES string of the molecule is CCCCCCN1C(=CC2=C([O-])C(=CC3=[N+](C)c4ccccc4C3(C)C)C2=O)C(C)(C)c2cc(C(=O)O)ccc21. The first-order valence-corrected chi connectivity index (χ1v) is 14.2. The predicted octanol–water partition coefficient (Wildman–Crippen LogP) is 5.78. The molecule has 2 aromatic carbocycles. The standard InChI is InChI=1S/C34H38N2O4/c1-7-8-9-12-17-36-27-16-15-21(32(39)40)18-25(27)34(4,5)29(36)20-23-30(37)22(31(23)38)19-28-33(2,3)24-13-10-11-14-26(24)35(28)6/h10-11,13-16,18-20H,7-9,12,17H2,1-6H3,(H-,37,38,39,40). The molecule has 0 amide bonds. The number of carbonyl (C=O) groups excluding carboxylic acids is 1. The maximum Gasteiger partial charge on any atom is 0.335 e. The molecule has 2 aromatic rings. The van der Waals surface area contributed by atoms with Crippen LogP contribution in [0.1, 0.15) is 81.8 Å². The summed E-state index contributed by atoms with van der Waals surface area (Å²) in [6.07, 6.45) is 7.82. The molecule has 0 unspecified atom stereocenters. The zero-order valence-electron chi connectivity index (χ0n) is 24.3. The van der Waals surface area contributed by atoms with Crippen molar-refractivity contribution in [2.45, 2.75) is 71.1 Å². The highest BCUT2D eigenvalue weighted by atomic mass is 16.4. The highest BCUT2D eigenvalue weighted by Gasteiger charge is 2.45. The number of unbranched alkanes of at least 4 members (excludes halogenated alkanes) is 3. The Morgan fingerprint density at radius 2 is 1.73 bits per heavy atom. The molecule has 0 saturated heterocycles. The number of Topliss-reactive ketones (excluding diaryl/α,β-unsaturated/α-hetero) is 1. The Morgan fingerprint density at radius 3 is 2.38 bits per heavy atom. The van der Waals surface area contributed by atoms with Gasteiger partial charge in [-0.25, -0.2) is 4.79 Å². The van der Waals surface area contributed by atoms with Crippen molar-refractivity contribution in [1.29, 1.82) is 0 Å². The molecule has 3 aliphatic rings. The molecule has 208 valence electrons. The number of allylic oxidation sites excluding steroid dienone is 5. The Kier molecular flexibility index (Phi) is 6.85. The van der Waals surface area contributed by atoms with Crippen molar-refractivity contribution in [3.8, 4) is 0 Å². The molecule has 0 bridgehead atoms. The van der Waals surface area contributed by atoms with Crippen molar-refractivity contribution in [2.75, 3.05) is 18.5 Å². The van der Waals surface area contributed by atoms with E-state index in [1.807, 2.05) is 39.1 Å². The number of hydrogen-bond donors (Lipinski definition) is 1. The van der Waals surface area contributed by atoms with Gasteiger partial charge in [0.25, 0.3) is 0 Å². The Labute approximate surface area is 236 Å². The average molecular weight is 539 g/mol. The first kappa shape index (κ1) is 27.6. The first-order valence-electron chi connectivity index (χ1n) is 14.2.